The van der Waals surface area contributed by atoms with Crippen molar-refractivity contribution in [3.05, 3.63) is 34.0 Å². The van der Waals surface area contributed by atoms with Crippen LogP contribution in [0.15, 0.2) is 34.7 Å². The van der Waals surface area contributed by atoms with E-state index in [1.54, 1.807) is 12.1 Å². The first-order valence-corrected chi connectivity index (χ1v) is 5.20. The molecular weight excluding hydrogens is 230 g/mol. The van der Waals surface area contributed by atoms with Gasteiger partial charge >= 0.3 is 5.97 Å². The van der Waals surface area contributed by atoms with Crippen LogP contribution in [0, 0.1) is 4.91 Å². The number of fused-ring (bicyclic) bond motifs is 1. The molecule has 16 heavy (non-hydrogen) atoms. The minimum absolute atomic E-state index is 0.238. The molecule has 0 aliphatic heterocycles. The molecule has 1 heterocycles. The van der Waals surface area contributed by atoms with Gasteiger partial charge in [0.1, 0.15) is 6.54 Å². The fourth-order valence-electron chi connectivity index (χ4n) is 1.42. The third-order valence-electron chi connectivity index (χ3n) is 2.01. The van der Waals surface area contributed by atoms with Gasteiger partial charge in [-0.3, -0.25) is 4.79 Å². The number of thiazole rings is 1. The molecule has 0 fully saturated rings. The first-order valence-electron chi connectivity index (χ1n) is 4.39. The second-order valence-corrected chi connectivity index (χ2v) is 4.02. The Morgan fingerprint density at radius 3 is 2.88 bits per heavy atom. The zero-order valence-corrected chi connectivity index (χ0v) is 8.85. The van der Waals surface area contributed by atoms with Gasteiger partial charge in [-0.25, -0.2) is 0 Å². The molecule has 2 aromatic rings. The standard InChI is InChI=1S/C9H7N3O3S/c13-8(14)5-12-6-3-1-2-4-7(6)16-9(12)10-11-15/h1-4H,5H2,(H,13,14). The lowest BCUT2D eigenvalue weighted by atomic mass is 10.3. The fourth-order valence-corrected chi connectivity index (χ4v) is 2.39. The van der Waals surface area contributed by atoms with Crippen molar-refractivity contribution in [2.75, 3.05) is 0 Å². The van der Waals surface area contributed by atoms with Gasteiger partial charge in [0, 0.05) is 0 Å². The average molecular weight is 237 g/mol. The molecule has 6 nitrogen and oxygen atoms in total. The molecule has 7 heteroatoms. The third-order valence-corrected chi connectivity index (χ3v) is 3.06. The molecule has 0 amide bonds. The van der Waals surface area contributed by atoms with E-state index in [1.807, 2.05) is 12.1 Å². The molecule has 1 aromatic carbocycles. The van der Waals surface area contributed by atoms with Crippen LogP contribution in [0.5, 0.6) is 0 Å². The molecule has 0 atom stereocenters. The molecule has 0 bridgehead atoms. The van der Waals surface area contributed by atoms with Crippen molar-refractivity contribution in [1.29, 1.82) is 0 Å². The molecule has 0 unspecified atom stereocenters. The number of hydrogen-bond donors (Lipinski definition) is 1. The Balaban J connectivity index is 2.74. The van der Waals surface area contributed by atoms with Gasteiger partial charge in [-0.05, 0) is 12.1 Å². The summed E-state index contributed by atoms with van der Waals surface area (Å²) in [6.07, 6.45) is 0. The van der Waals surface area contributed by atoms with Gasteiger partial charge < -0.3 is 9.67 Å². The topological polar surface area (TPSA) is 84.0 Å². The summed E-state index contributed by atoms with van der Waals surface area (Å²) in [6, 6.07) is 7.24. The number of aliphatic carboxylic acids is 1. The summed E-state index contributed by atoms with van der Waals surface area (Å²) in [5.41, 5.74) is 0.734. The third kappa shape index (κ3) is 1.84. The van der Waals surface area contributed by atoms with E-state index in [2.05, 4.69) is 10.4 Å². The van der Waals surface area contributed by atoms with Crippen LogP contribution >= 0.6 is 11.3 Å². The highest BCUT2D eigenvalue weighted by Crippen LogP contribution is 2.16. The molecule has 0 saturated heterocycles. The Hall–Kier alpha value is -2.02. The summed E-state index contributed by atoms with van der Waals surface area (Å²) in [5, 5.41) is 14.6. The van der Waals surface area contributed by atoms with Crippen LogP contribution < -0.4 is 4.80 Å². The number of rotatable bonds is 3. The lowest BCUT2D eigenvalue weighted by molar-refractivity contribution is -0.137. The number of carboxylic acid groups (broad SMARTS) is 1. The van der Waals surface area contributed by atoms with Gasteiger partial charge in [0.25, 0.3) is 0 Å². The first-order chi connectivity index (χ1) is 7.72. The van der Waals surface area contributed by atoms with Crippen LogP contribution in [0.25, 0.3) is 10.2 Å². The quantitative estimate of drug-likeness (QED) is 0.646. The number of nitroso groups, excluding NO2 is 1. The predicted octanol–water partition coefficient (Wildman–Crippen LogP) is 1.37. The SMILES string of the molecule is O=NN=c1sc2ccccc2n1CC(=O)O. The van der Waals surface area contributed by atoms with Crippen molar-refractivity contribution in [1.82, 2.24) is 4.57 Å². The molecule has 1 aromatic heterocycles. The summed E-state index contributed by atoms with van der Waals surface area (Å²) in [6.45, 7) is -0.238. The monoisotopic (exact) mass is 237 g/mol. The van der Waals surface area contributed by atoms with E-state index in [0.29, 0.717) is 4.80 Å². The predicted molar refractivity (Wildman–Crippen MR) is 58.8 cm³/mol. The summed E-state index contributed by atoms with van der Waals surface area (Å²) in [5.74, 6) is -0.990. The number of para-hydroxylation sites is 1. The molecule has 0 saturated carbocycles. The largest absolute Gasteiger partial charge is 0.480 e. The fraction of sp³-hybridized carbons (Fsp3) is 0.111. The highest BCUT2D eigenvalue weighted by atomic mass is 32.1. The maximum atomic E-state index is 10.7. The van der Waals surface area contributed by atoms with Crippen LogP contribution in [-0.2, 0) is 11.3 Å². The molecule has 0 aliphatic rings. The molecule has 0 aliphatic carbocycles. The smallest absolute Gasteiger partial charge is 0.323 e. The second-order valence-electron chi connectivity index (χ2n) is 3.01. The zero-order valence-electron chi connectivity index (χ0n) is 8.03. The summed E-state index contributed by atoms with van der Waals surface area (Å²) in [4.78, 5) is 21.1. The number of carboxylic acids is 1. The van der Waals surface area contributed by atoms with Crippen LogP contribution in [0.2, 0.25) is 0 Å². The van der Waals surface area contributed by atoms with Crippen molar-refractivity contribution in [3.63, 3.8) is 0 Å². The van der Waals surface area contributed by atoms with Crippen molar-refractivity contribution < 1.29 is 9.90 Å². The van der Waals surface area contributed by atoms with Crippen molar-refractivity contribution in [2.45, 2.75) is 6.54 Å². The van der Waals surface area contributed by atoms with E-state index >= 15 is 0 Å². The normalized spacial score (nSPS) is 11.9. The van der Waals surface area contributed by atoms with Gasteiger partial charge in [-0.15, -0.1) is 4.91 Å². The molecular formula is C9H7N3O3S. The number of hydrogen-bond acceptors (Lipinski definition) is 4. The Morgan fingerprint density at radius 1 is 1.44 bits per heavy atom. The van der Waals surface area contributed by atoms with Crippen molar-refractivity contribution in [3.8, 4) is 0 Å². The Bertz CT molecular complexity index is 614. The van der Waals surface area contributed by atoms with E-state index in [1.165, 1.54) is 15.9 Å². The maximum absolute atomic E-state index is 10.7. The number of aromatic nitrogens is 1. The van der Waals surface area contributed by atoms with Crippen LogP contribution in [-0.4, -0.2) is 15.6 Å². The van der Waals surface area contributed by atoms with E-state index < -0.39 is 5.97 Å². The van der Waals surface area contributed by atoms with Gasteiger partial charge in [-0.1, -0.05) is 28.6 Å². The lowest BCUT2D eigenvalue weighted by Gasteiger charge is -1.99. The Labute approximate surface area is 93.4 Å². The maximum Gasteiger partial charge on any atom is 0.323 e. The van der Waals surface area contributed by atoms with Gasteiger partial charge in [-0.2, -0.15) is 0 Å². The highest BCUT2D eigenvalue weighted by molar-refractivity contribution is 7.16. The molecule has 1 N–H and O–H groups in total. The van der Waals surface area contributed by atoms with Crippen LogP contribution in [0.1, 0.15) is 0 Å². The Kier molecular flexibility index (Phi) is 2.78. The van der Waals surface area contributed by atoms with E-state index in [9.17, 15) is 9.70 Å². The van der Waals surface area contributed by atoms with Gasteiger partial charge in [0.15, 0.2) is 0 Å². The summed E-state index contributed by atoms with van der Waals surface area (Å²) < 4.78 is 2.31. The van der Waals surface area contributed by atoms with Crippen LogP contribution in [0.4, 0.5) is 0 Å². The zero-order chi connectivity index (χ0) is 11.5. The minimum atomic E-state index is -0.990. The number of carbonyl (C=O) groups is 1. The molecule has 2 rings (SSSR count). The molecule has 0 radical (unpaired) electrons. The average Bonchev–Trinajstić information content (AvgIpc) is 2.57. The van der Waals surface area contributed by atoms with Gasteiger partial charge in [0.2, 0.25) is 4.80 Å². The van der Waals surface area contributed by atoms with Gasteiger partial charge in [0.05, 0.1) is 15.5 Å². The summed E-state index contributed by atoms with van der Waals surface area (Å²) >= 11 is 1.23. The van der Waals surface area contributed by atoms with Crippen LogP contribution in [0.3, 0.4) is 0 Å². The summed E-state index contributed by atoms with van der Waals surface area (Å²) in [7, 11) is 0. The minimum Gasteiger partial charge on any atom is -0.480 e. The first kappa shape index (κ1) is 10.5. The Morgan fingerprint density at radius 2 is 2.19 bits per heavy atom. The van der Waals surface area contributed by atoms with E-state index in [-0.39, 0.29) is 6.54 Å². The molecule has 0 spiro atoms. The van der Waals surface area contributed by atoms with E-state index in [0.717, 1.165) is 10.2 Å². The second kappa shape index (κ2) is 4.23. The number of benzene rings is 1. The van der Waals surface area contributed by atoms with Crippen molar-refractivity contribution >= 4 is 27.5 Å². The lowest BCUT2D eigenvalue weighted by Crippen LogP contribution is -2.19. The van der Waals surface area contributed by atoms with E-state index in [4.69, 9.17) is 5.11 Å². The van der Waals surface area contributed by atoms with Crippen molar-refractivity contribution in [2.24, 2.45) is 10.4 Å². The molecule has 82 valence electrons. The number of nitrogens with zero attached hydrogens (tertiary/aromatic N) is 3. The highest BCUT2D eigenvalue weighted by Gasteiger charge is 2.08.